The lowest BCUT2D eigenvalue weighted by atomic mass is 10.1. The van der Waals surface area contributed by atoms with E-state index >= 15 is 0 Å². The lowest BCUT2D eigenvalue weighted by Crippen LogP contribution is -2.54. The summed E-state index contributed by atoms with van der Waals surface area (Å²) in [7, 11) is 1.22. The van der Waals surface area contributed by atoms with E-state index < -0.39 is 30.1 Å². The first-order valence-electron chi connectivity index (χ1n) is 11.7. The summed E-state index contributed by atoms with van der Waals surface area (Å²) in [6, 6.07) is 22.6. The summed E-state index contributed by atoms with van der Waals surface area (Å²) in [5, 5.41) is 14.7. The molecule has 0 aliphatic carbocycles. The molecule has 0 bridgehead atoms. The van der Waals surface area contributed by atoms with Crippen LogP contribution < -0.4 is 10.6 Å². The maximum absolute atomic E-state index is 13.2. The van der Waals surface area contributed by atoms with Crippen LogP contribution in [0.2, 0.25) is 0 Å². The maximum Gasteiger partial charge on any atom is 0.408 e. The number of nitrogens with one attached hydrogen (secondary N) is 2. The highest BCUT2D eigenvalue weighted by Gasteiger charge is 2.28. The molecule has 9 heteroatoms. The number of methoxy groups -OCH3 is 1. The average Bonchev–Trinajstić information content (AvgIpc) is 2.92. The van der Waals surface area contributed by atoms with Gasteiger partial charge in [0.15, 0.2) is 0 Å². The molecular formula is C28H30N2O7. The minimum Gasteiger partial charge on any atom is -0.508 e. The van der Waals surface area contributed by atoms with Gasteiger partial charge in [0, 0.05) is 6.42 Å². The fraction of sp³-hybridized carbons (Fsp3) is 0.250. The number of carbonyl (C=O) groups excluding carboxylic acids is 3. The fourth-order valence-corrected chi connectivity index (χ4v) is 3.43. The molecule has 9 nitrogen and oxygen atoms in total. The van der Waals surface area contributed by atoms with Crippen molar-refractivity contribution in [2.45, 2.75) is 31.7 Å². The molecule has 0 radical (unpaired) electrons. The summed E-state index contributed by atoms with van der Waals surface area (Å²) in [5.74, 6) is -1.22. The van der Waals surface area contributed by atoms with E-state index in [1.54, 1.807) is 12.1 Å². The van der Waals surface area contributed by atoms with Crippen molar-refractivity contribution in [3.05, 3.63) is 102 Å². The number of hydrogen-bond donors (Lipinski definition) is 3. The Balaban J connectivity index is 1.66. The van der Waals surface area contributed by atoms with Crippen LogP contribution in [0.5, 0.6) is 5.75 Å². The van der Waals surface area contributed by atoms with Crippen molar-refractivity contribution in [3.63, 3.8) is 0 Å². The standard InChI is InChI=1S/C28H30N2O7/c1-35-27(33)24(16-20-12-14-23(31)15-13-20)29-26(32)25(19-36-17-21-8-4-2-5-9-21)30-28(34)37-18-22-10-6-3-7-11-22/h2-15,24-25,31H,16-19H2,1H3,(H,29,32)(H,30,34)/t24-,25-/m0/s1. The van der Waals surface area contributed by atoms with Gasteiger partial charge in [-0.1, -0.05) is 72.8 Å². The van der Waals surface area contributed by atoms with Gasteiger partial charge in [-0.05, 0) is 28.8 Å². The van der Waals surface area contributed by atoms with Crippen LogP contribution in [0.15, 0.2) is 84.9 Å². The molecule has 0 unspecified atom stereocenters. The zero-order valence-electron chi connectivity index (χ0n) is 20.5. The monoisotopic (exact) mass is 506 g/mol. The molecule has 3 aromatic rings. The van der Waals surface area contributed by atoms with Crippen LogP contribution in [0, 0.1) is 0 Å². The van der Waals surface area contributed by atoms with E-state index in [0.29, 0.717) is 5.56 Å². The van der Waals surface area contributed by atoms with Crippen LogP contribution in [0.3, 0.4) is 0 Å². The Bertz CT molecular complexity index is 1140. The quantitative estimate of drug-likeness (QED) is 0.323. The molecule has 0 saturated carbocycles. The lowest BCUT2D eigenvalue weighted by molar-refractivity contribution is -0.145. The van der Waals surface area contributed by atoms with Crippen molar-refractivity contribution in [2.24, 2.45) is 0 Å². The van der Waals surface area contributed by atoms with Gasteiger partial charge in [0.1, 0.15) is 24.4 Å². The number of phenols is 1. The SMILES string of the molecule is COC(=O)[C@H](Cc1ccc(O)cc1)NC(=O)[C@H](COCc1ccccc1)NC(=O)OCc1ccccc1. The number of hydrogen-bond acceptors (Lipinski definition) is 7. The Morgan fingerprint density at radius 1 is 0.757 bits per heavy atom. The number of aromatic hydroxyl groups is 1. The molecule has 37 heavy (non-hydrogen) atoms. The fourth-order valence-electron chi connectivity index (χ4n) is 3.43. The van der Waals surface area contributed by atoms with Gasteiger partial charge < -0.3 is 30.0 Å². The number of rotatable bonds is 12. The van der Waals surface area contributed by atoms with Gasteiger partial charge in [-0.25, -0.2) is 9.59 Å². The van der Waals surface area contributed by atoms with E-state index in [2.05, 4.69) is 10.6 Å². The predicted molar refractivity (Wildman–Crippen MR) is 135 cm³/mol. The molecule has 0 heterocycles. The van der Waals surface area contributed by atoms with E-state index in [9.17, 15) is 19.5 Å². The molecule has 194 valence electrons. The molecule has 3 rings (SSSR count). The van der Waals surface area contributed by atoms with Gasteiger partial charge in [-0.3, -0.25) is 4.79 Å². The number of benzene rings is 3. The van der Waals surface area contributed by atoms with E-state index in [-0.39, 0.29) is 32.0 Å². The van der Waals surface area contributed by atoms with Gasteiger partial charge in [-0.15, -0.1) is 0 Å². The Morgan fingerprint density at radius 2 is 1.35 bits per heavy atom. The topological polar surface area (TPSA) is 123 Å². The molecule has 0 aromatic heterocycles. The third kappa shape index (κ3) is 9.30. The zero-order chi connectivity index (χ0) is 26.5. The van der Waals surface area contributed by atoms with Crippen LogP contribution >= 0.6 is 0 Å². The van der Waals surface area contributed by atoms with Gasteiger partial charge in [0.05, 0.1) is 20.3 Å². The Labute approximate surface area is 215 Å². The van der Waals surface area contributed by atoms with Crippen molar-refractivity contribution < 1.29 is 33.7 Å². The average molecular weight is 507 g/mol. The van der Waals surface area contributed by atoms with Crippen LogP contribution in [0.25, 0.3) is 0 Å². The van der Waals surface area contributed by atoms with Crippen molar-refractivity contribution in [1.82, 2.24) is 10.6 Å². The van der Waals surface area contributed by atoms with Crippen LogP contribution in [-0.4, -0.2) is 48.9 Å². The number of amides is 2. The third-order valence-electron chi connectivity index (χ3n) is 5.40. The molecule has 0 saturated heterocycles. The molecule has 2 atom stereocenters. The van der Waals surface area contributed by atoms with Gasteiger partial charge in [0.2, 0.25) is 5.91 Å². The van der Waals surface area contributed by atoms with E-state index in [1.165, 1.54) is 19.2 Å². The molecule has 3 aromatic carbocycles. The summed E-state index contributed by atoms with van der Waals surface area (Å²) >= 11 is 0. The summed E-state index contributed by atoms with van der Waals surface area (Å²) in [5.41, 5.74) is 2.38. The molecular weight excluding hydrogens is 476 g/mol. The van der Waals surface area contributed by atoms with E-state index in [1.807, 2.05) is 60.7 Å². The van der Waals surface area contributed by atoms with Gasteiger partial charge in [0.25, 0.3) is 0 Å². The molecule has 0 aliphatic rings. The minimum absolute atomic E-state index is 0.0253. The second-order valence-corrected chi connectivity index (χ2v) is 8.21. The number of ether oxygens (including phenoxy) is 3. The third-order valence-corrected chi connectivity index (χ3v) is 5.40. The zero-order valence-corrected chi connectivity index (χ0v) is 20.5. The van der Waals surface area contributed by atoms with Crippen molar-refractivity contribution >= 4 is 18.0 Å². The minimum atomic E-state index is -1.14. The molecule has 0 spiro atoms. The first-order chi connectivity index (χ1) is 17.9. The first-order valence-corrected chi connectivity index (χ1v) is 11.7. The van der Waals surface area contributed by atoms with Crippen molar-refractivity contribution in [2.75, 3.05) is 13.7 Å². The maximum atomic E-state index is 13.2. The highest BCUT2D eigenvalue weighted by Crippen LogP contribution is 2.12. The number of esters is 1. The number of carbonyl (C=O) groups is 3. The van der Waals surface area contributed by atoms with Crippen LogP contribution in [0.4, 0.5) is 4.79 Å². The van der Waals surface area contributed by atoms with Gasteiger partial charge >= 0.3 is 12.1 Å². The van der Waals surface area contributed by atoms with Crippen LogP contribution in [0.1, 0.15) is 16.7 Å². The van der Waals surface area contributed by atoms with E-state index in [0.717, 1.165) is 11.1 Å². The lowest BCUT2D eigenvalue weighted by Gasteiger charge is -2.22. The highest BCUT2D eigenvalue weighted by atomic mass is 16.5. The summed E-state index contributed by atoms with van der Waals surface area (Å²) in [6.07, 6.45) is -0.685. The van der Waals surface area contributed by atoms with Gasteiger partial charge in [-0.2, -0.15) is 0 Å². The molecule has 0 aliphatic heterocycles. The first kappa shape index (κ1) is 27.2. The Hall–Kier alpha value is -4.37. The summed E-state index contributed by atoms with van der Waals surface area (Å²) < 4.78 is 15.8. The smallest absolute Gasteiger partial charge is 0.408 e. The Kier molecular flexibility index (Phi) is 10.5. The highest BCUT2D eigenvalue weighted by molar-refractivity contribution is 5.89. The summed E-state index contributed by atoms with van der Waals surface area (Å²) in [4.78, 5) is 38.0. The normalized spacial score (nSPS) is 12.1. The second kappa shape index (κ2) is 14.3. The molecule has 0 fully saturated rings. The van der Waals surface area contributed by atoms with Crippen molar-refractivity contribution in [1.29, 1.82) is 0 Å². The Morgan fingerprint density at radius 3 is 1.95 bits per heavy atom. The predicted octanol–water partition coefficient (Wildman–Crippen LogP) is 3.10. The van der Waals surface area contributed by atoms with E-state index in [4.69, 9.17) is 14.2 Å². The largest absolute Gasteiger partial charge is 0.508 e. The molecule has 2 amide bonds. The molecule has 3 N–H and O–H groups in total. The van der Waals surface area contributed by atoms with Crippen molar-refractivity contribution in [3.8, 4) is 5.75 Å². The number of phenolic OH excluding ortho intramolecular Hbond substituents is 1. The second-order valence-electron chi connectivity index (χ2n) is 8.21. The van der Waals surface area contributed by atoms with Crippen LogP contribution in [-0.2, 0) is 43.4 Å². The summed E-state index contributed by atoms with van der Waals surface area (Å²) in [6.45, 7) is 0.0884. The number of alkyl carbamates (subject to hydrolysis) is 1.